The molecule has 0 aliphatic carbocycles. The fourth-order valence-electron chi connectivity index (χ4n) is 1.95. The van der Waals surface area contributed by atoms with E-state index in [1.54, 1.807) is 6.07 Å². The summed E-state index contributed by atoms with van der Waals surface area (Å²) in [6.45, 7) is 1.99. The van der Waals surface area contributed by atoms with Crippen LogP contribution in [0.1, 0.15) is 30.4 Å². The Bertz CT molecular complexity index is 465. The van der Waals surface area contributed by atoms with E-state index >= 15 is 0 Å². The van der Waals surface area contributed by atoms with E-state index in [9.17, 15) is 4.39 Å². The van der Waals surface area contributed by atoms with Crippen LogP contribution < -0.4 is 5.73 Å². The van der Waals surface area contributed by atoms with Crippen LogP contribution in [0, 0.1) is 17.7 Å². The largest absolute Gasteiger partial charge is 0.396 e. The van der Waals surface area contributed by atoms with E-state index in [0.717, 1.165) is 25.8 Å². The van der Waals surface area contributed by atoms with Crippen LogP contribution >= 0.6 is 0 Å². The van der Waals surface area contributed by atoms with Gasteiger partial charge in [0.25, 0.3) is 0 Å². The van der Waals surface area contributed by atoms with Crippen molar-refractivity contribution in [2.45, 2.75) is 25.8 Å². The monoisotopic (exact) mass is 278 g/mol. The molecule has 3 N–H and O–H groups in total. The lowest BCUT2D eigenvalue weighted by Crippen LogP contribution is -2.19. The summed E-state index contributed by atoms with van der Waals surface area (Å²) < 4.78 is 13.9. The number of aliphatic hydroxyl groups excluding tert-OH is 1. The lowest BCUT2D eigenvalue weighted by molar-refractivity contribution is 0.270. The summed E-state index contributed by atoms with van der Waals surface area (Å²) in [4.78, 5) is 2.08. The summed E-state index contributed by atoms with van der Waals surface area (Å²) in [5.41, 5.74) is 6.62. The van der Waals surface area contributed by atoms with Crippen LogP contribution in [0.15, 0.2) is 18.2 Å². The fraction of sp³-hybridized carbons (Fsp3) is 0.500. The highest BCUT2D eigenvalue weighted by atomic mass is 19.1. The number of hydrogen-bond acceptors (Lipinski definition) is 3. The minimum atomic E-state index is -0.226. The van der Waals surface area contributed by atoms with Gasteiger partial charge in [0.05, 0.1) is 6.54 Å². The second-order valence-electron chi connectivity index (χ2n) is 4.83. The molecule has 0 spiro atoms. The van der Waals surface area contributed by atoms with Crippen LogP contribution in [-0.2, 0) is 6.54 Å². The van der Waals surface area contributed by atoms with Crippen molar-refractivity contribution in [1.29, 1.82) is 0 Å². The highest BCUT2D eigenvalue weighted by Gasteiger charge is 2.06. The molecule has 3 nitrogen and oxygen atoms in total. The minimum Gasteiger partial charge on any atom is -0.396 e. The number of nitrogens with two attached hydrogens (primary N) is 1. The van der Waals surface area contributed by atoms with Gasteiger partial charge in [-0.05, 0) is 45.0 Å². The Balaban J connectivity index is 2.51. The Labute approximate surface area is 120 Å². The zero-order chi connectivity index (χ0) is 14.8. The Morgan fingerprint density at radius 1 is 1.30 bits per heavy atom. The van der Waals surface area contributed by atoms with Crippen LogP contribution in [0.25, 0.3) is 0 Å². The molecule has 0 aliphatic rings. The first-order valence-electron chi connectivity index (χ1n) is 6.94. The highest BCUT2D eigenvalue weighted by molar-refractivity contribution is 5.37. The van der Waals surface area contributed by atoms with E-state index in [1.165, 1.54) is 6.07 Å². The standard InChI is InChI=1S/C16H23FN2O/c1-19(10-3-2-4-11-20)13-15-8-7-14(6-5-9-18)12-16(15)17/h7-8,12,20H,2-4,9-11,13,18H2,1H3. The number of hydrogen-bond donors (Lipinski definition) is 2. The van der Waals surface area contributed by atoms with Crippen molar-refractivity contribution in [2.24, 2.45) is 5.73 Å². The molecule has 4 heteroatoms. The van der Waals surface area contributed by atoms with Crippen LogP contribution in [0.3, 0.4) is 0 Å². The lowest BCUT2D eigenvalue weighted by Gasteiger charge is -2.17. The van der Waals surface area contributed by atoms with E-state index in [4.69, 9.17) is 10.8 Å². The van der Waals surface area contributed by atoms with Gasteiger partial charge in [-0.3, -0.25) is 0 Å². The Kier molecular flexibility index (Phi) is 7.89. The molecule has 20 heavy (non-hydrogen) atoms. The first-order chi connectivity index (χ1) is 9.67. The zero-order valence-electron chi connectivity index (χ0n) is 12.0. The molecule has 0 atom stereocenters. The summed E-state index contributed by atoms with van der Waals surface area (Å²) in [5.74, 6) is 5.31. The maximum atomic E-state index is 13.9. The van der Waals surface area contributed by atoms with Gasteiger partial charge in [0.1, 0.15) is 5.82 Å². The van der Waals surface area contributed by atoms with E-state index in [1.807, 2.05) is 13.1 Å². The summed E-state index contributed by atoms with van der Waals surface area (Å²) in [6, 6.07) is 5.05. The fourth-order valence-corrected chi connectivity index (χ4v) is 1.95. The van der Waals surface area contributed by atoms with E-state index < -0.39 is 0 Å². The van der Waals surface area contributed by atoms with Crippen molar-refractivity contribution in [3.05, 3.63) is 35.1 Å². The molecule has 0 aliphatic heterocycles. The van der Waals surface area contributed by atoms with Gasteiger partial charge in [-0.25, -0.2) is 4.39 Å². The molecule has 110 valence electrons. The molecule has 0 saturated heterocycles. The first-order valence-corrected chi connectivity index (χ1v) is 6.94. The van der Waals surface area contributed by atoms with Gasteiger partial charge in [-0.2, -0.15) is 0 Å². The molecule has 0 unspecified atom stereocenters. The zero-order valence-corrected chi connectivity index (χ0v) is 12.0. The maximum Gasteiger partial charge on any atom is 0.128 e. The molecule has 0 radical (unpaired) electrons. The van der Waals surface area contributed by atoms with Gasteiger partial charge in [-0.1, -0.05) is 17.9 Å². The third kappa shape index (κ3) is 6.16. The van der Waals surface area contributed by atoms with Crippen LogP contribution in [-0.4, -0.2) is 36.8 Å². The van der Waals surface area contributed by atoms with Gasteiger partial charge in [0.2, 0.25) is 0 Å². The van der Waals surface area contributed by atoms with Gasteiger partial charge in [0, 0.05) is 24.3 Å². The summed E-state index contributed by atoms with van der Waals surface area (Å²) in [6.07, 6.45) is 2.84. The Morgan fingerprint density at radius 3 is 2.75 bits per heavy atom. The van der Waals surface area contributed by atoms with Crippen LogP contribution in [0.5, 0.6) is 0 Å². The highest BCUT2D eigenvalue weighted by Crippen LogP contribution is 2.12. The van der Waals surface area contributed by atoms with Crippen molar-refractivity contribution >= 4 is 0 Å². The van der Waals surface area contributed by atoms with Gasteiger partial charge < -0.3 is 15.7 Å². The van der Waals surface area contributed by atoms with Crippen molar-refractivity contribution in [1.82, 2.24) is 4.90 Å². The molecular formula is C16H23FN2O. The number of aliphatic hydroxyl groups is 1. The number of halogens is 1. The predicted octanol–water partition coefficient (Wildman–Crippen LogP) is 1.73. The number of nitrogens with zero attached hydrogens (tertiary/aromatic N) is 1. The molecular weight excluding hydrogens is 255 g/mol. The van der Waals surface area contributed by atoms with Crippen molar-refractivity contribution < 1.29 is 9.50 Å². The van der Waals surface area contributed by atoms with Crippen molar-refractivity contribution in [2.75, 3.05) is 26.7 Å². The lowest BCUT2D eigenvalue weighted by atomic mass is 10.1. The summed E-state index contributed by atoms with van der Waals surface area (Å²) >= 11 is 0. The van der Waals surface area contributed by atoms with Gasteiger partial charge >= 0.3 is 0 Å². The second kappa shape index (κ2) is 9.49. The van der Waals surface area contributed by atoms with Crippen LogP contribution in [0.4, 0.5) is 4.39 Å². The molecule has 0 fully saturated rings. The van der Waals surface area contributed by atoms with Gasteiger partial charge in [0.15, 0.2) is 0 Å². The molecule has 1 aromatic carbocycles. The molecule has 1 rings (SSSR count). The molecule has 1 aromatic rings. The topological polar surface area (TPSA) is 49.5 Å². The molecule has 0 aromatic heterocycles. The third-order valence-electron chi connectivity index (χ3n) is 3.03. The van der Waals surface area contributed by atoms with Crippen LogP contribution in [0.2, 0.25) is 0 Å². The summed E-state index contributed by atoms with van der Waals surface area (Å²) in [7, 11) is 1.97. The second-order valence-corrected chi connectivity index (χ2v) is 4.83. The minimum absolute atomic E-state index is 0.226. The van der Waals surface area contributed by atoms with E-state index in [-0.39, 0.29) is 19.0 Å². The third-order valence-corrected chi connectivity index (χ3v) is 3.03. The number of unbranched alkanes of at least 4 members (excludes halogenated alkanes) is 2. The number of rotatable bonds is 7. The van der Waals surface area contributed by atoms with Gasteiger partial charge in [-0.15, -0.1) is 0 Å². The summed E-state index contributed by atoms with van der Waals surface area (Å²) in [5, 5.41) is 8.71. The molecule has 0 bridgehead atoms. The van der Waals surface area contributed by atoms with E-state index in [2.05, 4.69) is 16.7 Å². The number of benzene rings is 1. The average molecular weight is 278 g/mol. The Hall–Kier alpha value is -1.41. The smallest absolute Gasteiger partial charge is 0.128 e. The molecule has 0 amide bonds. The maximum absolute atomic E-state index is 13.9. The molecule has 0 heterocycles. The quantitative estimate of drug-likeness (QED) is 0.590. The van der Waals surface area contributed by atoms with E-state index in [0.29, 0.717) is 17.7 Å². The van der Waals surface area contributed by atoms with Crippen molar-refractivity contribution in [3.63, 3.8) is 0 Å². The molecule has 0 saturated carbocycles. The Morgan fingerprint density at radius 2 is 2.10 bits per heavy atom. The normalized spacial score (nSPS) is 10.4. The SMILES string of the molecule is CN(CCCCCO)Cc1ccc(C#CCN)cc1F. The predicted molar refractivity (Wildman–Crippen MR) is 79.6 cm³/mol. The average Bonchev–Trinajstić information content (AvgIpc) is 2.44. The van der Waals surface area contributed by atoms with Crippen molar-refractivity contribution in [3.8, 4) is 11.8 Å². The first kappa shape index (κ1) is 16.6.